The Hall–Kier alpha value is -1.12. The highest BCUT2D eigenvalue weighted by Gasteiger charge is 2.43. The Morgan fingerprint density at radius 1 is 0.885 bits per heavy atom. The van der Waals surface area contributed by atoms with Crippen LogP contribution in [0, 0.1) is 0 Å². The number of rotatable bonds is 15. The van der Waals surface area contributed by atoms with Crippen LogP contribution in [0.4, 0.5) is 0 Å². The van der Waals surface area contributed by atoms with Crippen molar-refractivity contribution in [1.29, 1.82) is 0 Å². The minimum Gasteiger partial charge on any atom is -0.386 e. The number of allylic oxidation sites excluding steroid dienone is 2. The van der Waals surface area contributed by atoms with Gasteiger partial charge in [-0.25, -0.2) is 0 Å². The molecule has 0 amide bonds. The van der Waals surface area contributed by atoms with Gasteiger partial charge in [-0.3, -0.25) is 0 Å². The molecule has 0 aromatic heterocycles. The normalized spacial score (nSPS) is 20.5. The molecule has 1 aromatic rings. The van der Waals surface area contributed by atoms with E-state index >= 15 is 0 Å². The van der Waals surface area contributed by atoms with Gasteiger partial charge in [0.2, 0.25) is 0 Å². The molecule has 3 atom stereocenters. The Kier molecular flexibility index (Phi) is 10.7. The monoisotopic (exact) mass is 358 g/mol. The van der Waals surface area contributed by atoms with Crippen LogP contribution in [0.15, 0.2) is 42.5 Å². The molecule has 1 heterocycles. The molecule has 0 aliphatic carbocycles. The number of ether oxygens (including phenoxy) is 1. The van der Waals surface area contributed by atoms with E-state index < -0.39 is 6.10 Å². The van der Waals surface area contributed by atoms with E-state index in [4.69, 9.17) is 4.74 Å². The van der Waals surface area contributed by atoms with Crippen LogP contribution in [0.3, 0.4) is 0 Å². The van der Waals surface area contributed by atoms with Crippen LogP contribution in [-0.4, -0.2) is 17.3 Å². The molecule has 0 radical (unpaired) electrons. The zero-order chi connectivity index (χ0) is 18.5. The van der Waals surface area contributed by atoms with Gasteiger partial charge >= 0.3 is 0 Å². The lowest BCUT2D eigenvalue weighted by Gasteiger charge is -2.07. The first-order valence-corrected chi connectivity index (χ1v) is 10.9. The SMILES string of the molecule is CCCCCCC=CCCCCCCCC1OC1C(O)c1ccccc1. The smallest absolute Gasteiger partial charge is 0.114 e. The molecular weight excluding hydrogens is 320 g/mol. The standard InChI is InChI=1S/C24H38O2/c1-2-3-4-5-6-7-8-9-10-11-12-13-17-20-22-24(26-22)23(25)21-18-15-14-16-19-21/h7-8,14-16,18-19,22-25H,2-6,9-13,17,20H2,1H3. The zero-order valence-corrected chi connectivity index (χ0v) is 16.6. The van der Waals surface area contributed by atoms with Crippen LogP contribution < -0.4 is 0 Å². The molecule has 3 unspecified atom stereocenters. The predicted octanol–water partition coefficient (Wildman–Crippen LogP) is 6.74. The van der Waals surface area contributed by atoms with Crippen molar-refractivity contribution in [2.75, 3.05) is 0 Å². The maximum absolute atomic E-state index is 10.3. The topological polar surface area (TPSA) is 32.8 Å². The summed E-state index contributed by atoms with van der Waals surface area (Å²) in [7, 11) is 0. The second-order valence-corrected chi connectivity index (χ2v) is 7.66. The minimum absolute atomic E-state index is 0.0138. The van der Waals surface area contributed by atoms with Crippen molar-refractivity contribution < 1.29 is 9.84 Å². The fourth-order valence-electron chi connectivity index (χ4n) is 3.57. The third-order valence-electron chi connectivity index (χ3n) is 5.32. The summed E-state index contributed by atoms with van der Waals surface area (Å²) >= 11 is 0. The average Bonchev–Trinajstić information content (AvgIpc) is 3.45. The lowest BCUT2D eigenvalue weighted by molar-refractivity contribution is 0.137. The fourth-order valence-corrected chi connectivity index (χ4v) is 3.57. The number of hydrogen-bond acceptors (Lipinski definition) is 2. The lowest BCUT2D eigenvalue weighted by Crippen LogP contribution is -2.08. The first-order chi connectivity index (χ1) is 12.8. The maximum Gasteiger partial charge on any atom is 0.114 e. The van der Waals surface area contributed by atoms with E-state index in [0.29, 0.717) is 0 Å². The molecule has 1 aliphatic rings. The molecule has 0 spiro atoms. The highest BCUT2D eigenvalue weighted by Crippen LogP contribution is 2.37. The van der Waals surface area contributed by atoms with E-state index in [1.165, 1.54) is 70.6 Å². The van der Waals surface area contributed by atoms with Gasteiger partial charge in [-0.05, 0) is 37.7 Å². The molecule has 1 aliphatic heterocycles. The average molecular weight is 359 g/mol. The summed E-state index contributed by atoms with van der Waals surface area (Å²) in [5.41, 5.74) is 0.971. The van der Waals surface area contributed by atoms with Crippen molar-refractivity contribution in [2.45, 2.75) is 102 Å². The van der Waals surface area contributed by atoms with Gasteiger partial charge in [-0.15, -0.1) is 0 Å². The van der Waals surface area contributed by atoms with Crippen molar-refractivity contribution in [3.8, 4) is 0 Å². The largest absolute Gasteiger partial charge is 0.386 e. The molecule has 2 rings (SSSR count). The summed E-state index contributed by atoms with van der Waals surface area (Å²) in [6.07, 6.45) is 20.1. The molecule has 2 heteroatoms. The summed E-state index contributed by atoms with van der Waals surface area (Å²) in [5, 5.41) is 10.3. The van der Waals surface area contributed by atoms with Crippen LogP contribution in [-0.2, 0) is 4.74 Å². The van der Waals surface area contributed by atoms with Crippen molar-refractivity contribution >= 4 is 0 Å². The molecule has 1 aromatic carbocycles. The summed E-state index contributed by atoms with van der Waals surface area (Å²) in [6, 6.07) is 9.87. The van der Waals surface area contributed by atoms with Gasteiger partial charge in [-0.1, -0.05) is 94.4 Å². The first-order valence-electron chi connectivity index (χ1n) is 10.9. The van der Waals surface area contributed by atoms with Crippen molar-refractivity contribution in [2.24, 2.45) is 0 Å². The fraction of sp³-hybridized carbons (Fsp3) is 0.667. The Bertz CT molecular complexity index is 482. The zero-order valence-electron chi connectivity index (χ0n) is 16.6. The van der Waals surface area contributed by atoms with Gasteiger partial charge in [0.05, 0.1) is 6.10 Å². The molecule has 1 N–H and O–H groups in total. The van der Waals surface area contributed by atoms with Gasteiger partial charge in [0.15, 0.2) is 0 Å². The molecule has 2 nitrogen and oxygen atoms in total. The van der Waals surface area contributed by atoms with Crippen LogP contribution in [0.25, 0.3) is 0 Å². The molecule has 1 saturated heterocycles. The quantitative estimate of drug-likeness (QED) is 0.214. The second kappa shape index (κ2) is 13.1. The minimum atomic E-state index is -0.463. The summed E-state index contributed by atoms with van der Waals surface area (Å²) in [5.74, 6) is 0. The number of hydrogen-bond donors (Lipinski definition) is 1. The van der Waals surface area contributed by atoms with Gasteiger partial charge < -0.3 is 9.84 Å². The Balaban J connectivity index is 1.39. The molecule has 146 valence electrons. The molecule has 0 bridgehead atoms. The van der Waals surface area contributed by atoms with E-state index in [9.17, 15) is 5.11 Å². The summed E-state index contributed by atoms with van der Waals surface area (Å²) < 4.78 is 5.68. The van der Waals surface area contributed by atoms with Crippen LogP contribution in [0.5, 0.6) is 0 Å². The van der Waals surface area contributed by atoms with Gasteiger partial charge in [0.25, 0.3) is 0 Å². The number of benzene rings is 1. The van der Waals surface area contributed by atoms with Crippen LogP contribution >= 0.6 is 0 Å². The van der Waals surface area contributed by atoms with E-state index in [0.717, 1.165) is 12.0 Å². The summed E-state index contributed by atoms with van der Waals surface area (Å²) in [6.45, 7) is 2.26. The van der Waals surface area contributed by atoms with E-state index in [2.05, 4.69) is 19.1 Å². The van der Waals surface area contributed by atoms with E-state index in [1.807, 2.05) is 30.3 Å². The first kappa shape index (κ1) is 21.2. The van der Waals surface area contributed by atoms with Crippen molar-refractivity contribution in [3.63, 3.8) is 0 Å². The second-order valence-electron chi connectivity index (χ2n) is 7.66. The third-order valence-corrected chi connectivity index (χ3v) is 5.32. The molecule has 0 saturated carbocycles. The van der Waals surface area contributed by atoms with Gasteiger partial charge in [0.1, 0.15) is 12.2 Å². The Morgan fingerprint density at radius 2 is 1.50 bits per heavy atom. The van der Waals surface area contributed by atoms with E-state index in [1.54, 1.807) is 0 Å². The highest BCUT2D eigenvalue weighted by atomic mass is 16.6. The lowest BCUT2D eigenvalue weighted by atomic mass is 10.0. The molecular formula is C24H38O2. The van der Waals surface area contributed by atoms with Crippen LogP contribution in [0.2, 0.25) is 0 Å². The van der Waals surface area contributed by atoms with E-state index in [-0.39, 0.29) is 12.2 Å². The van der Waals surface area contributed by atoms with Crippen molar-refractivity contribution in [3.05, 3.63) is 48.0 Å². The maximum atomic E-state index is 10.3. The Morgan fingerprint density at radius 3 is 2.19 bits per heavy atom. The third kappa shape index (κ3) is 8.51. The highest BCUT2D eigenvalue weighted by molar-refractivity contribution is 5.20. The number of aliphatic hydroxyl groups excluding tert-OH is 1. The molecule has 26 heavy (non-hydrogen) atoms. The van der Waals surface area contributed by atoms with Gasteiger partial charge in [0, 0.05) is 0 Å². The predicted molar refractivity (Wildman–Crippen MR) is 110 cm³/mol. The number of aliphatic hydroxyl groups is 1. The summed E-state index contributed by atoms with van der Waals surface area (Å²) in [4.78, 5) is 0. The number of unbranched alkanes of at least 4 members (excludes halogenated alkanes) is 9. The van der Waals surface area contributed by atoms with Crippen LogP contribution in [0.1, 0.15) is 95.6 Å². The van der Waals surface area contributed by atoms with Crippen molar-refractivity contribution in [1.82, 2.24) is 0 Å². The Labute approximate surface area is 160 Å². The van der Waals surface area contributed by atoms with Gasteiger partial charge in [-0.2, -0.15) is 0 Å². The molecule has 1 fully saturated rings. The number of epoxide rings is 1.